The van der Waals surface area contributed by atoms with Crippen molar-refractivity contribution in [3.8, 4) is 0 Å². The number of rotatable bonds is 1. The van der Waals surface area contributed by atoms with E-state index >= 15 is 0 Å². The predicted molar refractivity (Wildman–Crippen MR) is 95.1 cm³/mol. The predicted octanol–water partition coefficient (Wildman–Crippen LogP) is 3.37. The first-order valence-corrected chi connectivity index (χ1v) is 9.45. The van der Waals surface area contributed by atoms with Crippen LogP contribution in [0.3, 0.4) is 0 Å². The molecule has 2 fully saturated rings. The van der Waals surface area contributed by atoms with Crippen molar-refractivity contribution in [2.24, 2.45) is 0 Å². The monoisotopic (exact) mass is 368 g/mol. The van der Waals surface area contributed by atoms with Gasteiger partial charge in [0.15, 0.2) is 0 Å². The molecule has 0 aromatic carbocycles. The highest BCUT2D eigenvalue weighted by atomic mass is 19.4. The van der Waals surface area contributed by atoms with Gasteiger partial charge in [-0.3, -0.25) is 9.80 Å². The lowest BCUT2D eigenvalue weighted by Gasteiger charge is -2.47. The van der Waals surface area contributed by atoms with Crippen molar-refractivity contribution in [3.05, 3.63) is 23.4 Å². The Labute approximate surface area is 153 Å². The fourth-order valence-corrected chi connectivity index (χ4v) is 4.20. The normalized spacial score (nSPS) is 25.6. The summed E-state index contributed by atoms with van der Waals surface area (Å²) in [6.07, 6.45) is -1.04. The second-order valence-corrected chi connectivity index (χ2v) is 8.83. The number of hydrogen-bond acceptors (Lipinski definition) is 4. The number of fused-ring (bicyclic) bond motifs is 3. The van der Waals surface area contributed by atoms with Crippen molar-refractivity contribution in [3.63, 3.8) is 0 Å². The Balaban J connectivity index is 1.68. The summed E-state index contributed by atoms with van der Waals surface area (Å²) in [6.45, 7) is 10.8. The van der Waals surface area contributed by atoms with Crippen LogP contribution < -0.4 is 4.90 Å². The van der Waals surface area contributed by atoms with Crippen LogP contribution in [0.4, 0.5) is 19.0 Å². The lowest BCUT2D eigenvalue weighted by Crippen LogP contribution is -2.60. The number of alkyl halides is 3. The third kappa shape index (κ3) is 3.43. The molecular weight excluding hydrogens is 341 g/mol. The Bertz CT molecular complexity index is 678. The second-order valence-electron chi connectivity index (χ2n) is 8.83. The van der Waals surface area contributed by atoms with E-state index in [1.54, 1.807) is 0 Å². The fraction of sp³-hybridized carbons (Fsp3) is 0.737. The van der Waals surface area contributed by atoms with E-state index < -0.39 is 11.7 Å². The summed E-state index contributed by atoms with van der Waals surface area (Å²) in [7, 11) is 0. The molecular formula is C19H27F3N4. The summed E-state index contributed by atoms with van der Waals surface area (Å²) in [5.74, 6) is 0.750. The van der Waals surface area contributed by atoms with Gasteiger partial charge in [0.2, 0.25) is 0 Å². The molecule has 1 saturated heterocycles. The Hall–Kier alpha value is -1.34. The van der Waals surface area contributed by atoms with Gasteiger partial charge < -0.3 is 4.90 Å². The van der Waals surface area contributed by atoms with E-state index in [4.69, 9.17) is 0 Å². The number of nitrogens with zero attached hydrogens (tertiary/aromatic N) is 4. The van der Waals surface area contributed by atoms with Crippen molar-refractivity contribution in [1.29, 1.82) is 0 Å². The molecule has 7 heteroatoms. The highest BCUT2D eigenvalue weighted by Crippen LogP contribution is 2.38. The van der Waals surface area contributed by atoms with Crippen molar-refractivity contribution >= 4 is 5.82 Å². The summed E-state index contributed by atoms with van der Waals surface area (Å²) in [5.41, 5.74) is 0.177. The molecule has 4 nitrogen and oxygen atoms in total. The third-order valence-corrected chi connectivity index (χ3v) is 5.86. The molecule has 3 aliphatic rings. The molecule has 0 bridgehead atoms. The zero-order chi connectivity index (χ0) is 18.7. The zero-order valence-electron chi connectivity index (χ0n) is 15.7. The number of piperazine rings is 1. The Kier molecular flexibility index (Phi) is 4.23. The summed E-state index contributed by atoms with van der Waals surface area (Å²) in [5, 5.41) is 0. The van der Waals surface area contributed by atoms with E-state index in [2.05, 4.69) is 40.5 Å². The molecule has 1 aliphatic carbocycles. The highest BCUT2D eigenvalue weighted by Gasteiger charge is 2.41. The summed E-state index contributed by atoms with van der Waals surface area (Å²) < 4.78 is 39.5. The maximum atomic E-state index is 13.2. The molecule has 1 aromatic rings. The van der Waals surface area contributed by atoms with Gasteiger partial charge in [-0.1, -0.05) is 0 Å². The van der Waals surface area contributed by atoms with Crippen LogP contribution in [0.5, 0.6) is 0 Å². The van der Waals surface area contributed by atoms with Crippen molar-refractivity contribution < 1.29 is 13.2 Å². The summed E-state index contributed by atoms with van der Waals surface area (Å²) in [4.78, 5) is 11.4. The van der Waals surface area contributed by atoms with Crippen LogP contribution in [0.15, 0.2) is 12.3 Å². The minimum atomic E-state index is -4.34. The van der Waals surface area contributed by atoms with E-state index in [0.717, 1.165) is 56.6 Å². The first-order chi connectivity index (χ1) is 12.1. The van der Waals surface area contributed by atoms with Crippen molar-refractivity contribution in [2.45, 2.75) is 64.0 Å². The van der Waals surface area contributed by atoms with Gasteiger partial charge in [-0.15, -0.1) is 0 Å². The minimum absolute atomic E-state index is 0.0964. The molecule has 0 spiro atoms. The largest absolute Gasteiger partial charge is 0.417 e. The van der Waals surface area contributed by atoms with Gasteiger partial charge in [0, 0.05) is 56.1 Å². The standard InChI is InChI=1S/C19H27F3N4/c1-18(2,3)25-6-7-26-16(12-25)11-24(15-4-5-15)10-13-8-14(19(20,21)22)9-23-17(13)26/h8-9,15-16H,4-7,10-12H2,1-3H3/t16-/m0/s1. The molecule has 1 saturated carbocycles. The smallest absolute Gasteiger partial charge is 0.350 e. The van der Waals surface area contributed by atoms with Crippen LogP contribution >= 0.6 is 0 Å². The lowest BCUT2D eigenvalue weighted by atomic mass is 10.0. The maximum Gasteiger partial charge on any atom is 0.417 e. The molecule has 4 rings (SSSR count). The Morgan fingerprint density at radius 1 is 1.04 bits per heavy atom. The SMILES string of the molecule is CC(C)(C)N1CCN2c3ncc(C(F)(F)F)cc3CN(C3CC3)C[C@H]2C1. The van der Waals surface area contributed by atoms with Gasteiger partial charge in [-0.2, -0.15) is 13.2 Å². The molecule has 0 amide bonds. The molecule has 2 aliphatic heterocycles. The Morgan fingerprint density at radius 2 is 1.77 bits per heavy atom. The number of pyridine rings is 1. The van der Waals surface area contributed by atoms with Crippen LogP contribution in [-0.4, -0.2) is 58.6 Å². The molecule has 144 valence electrons. The zero-order valence-corrected chi connectivity index (χ0v) is 15.7. The molecule has 1 aromatic heterocycles. The van der Waals surface area contributed by atoms with Crippen LogP contribution in [0.1, 0.15) is 44.7 Å². The topological polar surface area (TPSA) is 22.6 Å². The van der Waals surface area contributed by atoms with Crippen molar-refractivity contribution in [1.82, 2.24) is 14.8 Å². The fourth-order valence-electron chi connectivity index (χ4n) is 4.20. The third-order valence-electron chi connectivity index (χ3n) is 5.86. The molecule has 3 heterocycles. The number of aromatic nitrogens is 1. The number of halogens is 3. The summed E-state index contributed by atoms with van der Waals surface area (Å²) >= 11 is 0. The van der Waals surface area contributed by atoms with E-state index in [1.807, 2.05) is 0 Å². The molecule has 0 unspecified atom stereocenters. The molecule has 26 heavy (non-hydrogen) atoms. The van der Waals surface area contributed by atoms with Crippen LogP contribution in [0, 0.1) is 0 Å². The lowest BCUT2D eigenvalue weighted by molar-refractivity contribution is -0.137. The number of hydrogen-bond donors (Lipinski definition) is 0. The van der Waals surface area contributed by atoms with Crippen LogP contribution in [0.25, 0.3) is 0 Å². The molecule has 0 N–H and O–H groups in total. The van der Waals surface area contributed by atoms with Crippen LogP contribution in [0.2, 0.25) is 0 Å². The van der Waals surface area contributed by atoms with Gasteiger partial charge in [0.25, 0.3) is 0 Å². The van der Waals surface area contributed by atoms with Gasteiger partial charge in [-0.05, 0) is 39.7 Å². The van der Waals surface area contributed by atoms with Gasteiger partial charge in [-0.25, -0.2) is 4.98 Å². The average Bonchev–Trinajstić information content (AvgIpc) is 3.37. The minimum Gasteiger partial charge on any atom is -0.350 e. The van der Waals surface area contributed by atoms with Gasteiger partial charge in [0.1, 0.15) is 5.82 Å². The van der Waals surface area contributed by atoms with E-state index in [0.29, 0.717) is 12.6 Å². The average molecular weight is 368 g/mol. The van der Waals surface area contributed by atoms with Gasteiger partial charge in [0.05, 0.1) is 11.6 Å². The summed E-state index contributed by atoms with van der Waals surface area (Å²) in [6, 6.07) is 2.10. The quantitative estimate of drug-likeness (QED) is 0.758. The highest BCUT2D eigenvalue weighted by molar-refractivity contribution is 5.51. The molecule has 0 radical (unpaired) electrons. The van der Waals surface area contributed by atoms with E-state index in [-0.39, 0.29) is 11.6 Å². The van der Waals surface area contributed by atoms with Crippen LogP contribution in [-0.2, 0) is 12.7 Å². The van der Waals surface area contributed by atoms with E-state index in [1.165, 1.54) is 6.07 Å². The molecule has 1 atom stereocenters. The maximum absolute atomic E-state index is 13.2. The number of anilines is 1. The first-order valence-electron chi connectivity index (χ1n) is 9.45. The first kappa shape index (κ1) is 18.0. The van der Waals surface area contributed by atoms with E-state index in [9.17, 15) is 13.2 Å². The second kappa shape index (κ2) is 6.09. The Morgan fingerprint density at radius 3 is 2.38 bits per heavy atom. The van der Waals surface area contributed by atoms with Gasteiger partial charge >= 0.3 is 6.18 Å². The van der Waals surface area contributed by atoms with Crippen molar-refractivity contribution in [2.75, 3.05) is 31.1 Å².